The van der Waals surface area contributed by atoms with E-state index in [1.165, 1.54) is 225 Å². The van der Waals surface area contributed by atoms with Crippen molar-refractivity contribution in [3.63, 3.8) is 0 Å². The minimum Gasteiger partial charge on any atom is -0.481 e. The average molecular weight is 868 g/mol. The monoisotopic (exact) mass is 867 g/mol. The smallest absolute Gasteiger partial charge is 0.309 e. The molecule has 0 heterocycles. The van der Waals surface area contributed by atoms with Crippen molar-refractivity contribution < 1.29 is 24.9 Å². The summed E-state index contributed by atoms with van der Waals surface area (Å²) in [6.07, 6.45) is 56.1. The number of aliphatic carboxylic acids is 2. The molecule has 0 spiro atoms. The molecule has 0 amide bonds. The van der Waals surface area contributed by atoms with Gasteiger partial charge in [0.2, 0.25) is 0 Å². The average Bonchev–Trinajstić information content (AvgIpc) is 3.25. The first kappa shape index (κ1) is 64.2. The molecule has 1 atom stereocenters. The lowest BCUT2D eigenvalue weighted by Crippen LogP contribution is -2.31. The molecule has 0 fully saturated rings. The fraction of sp³-hybridized carbons (Fsp3) is 0.964. The number of hydrogen-bond acceptors (Lipinski definition) is 3. The summed E-state index contributed by atoms with van der Waals surface area (Å²) in [6, 6.07) is 0. The predicted molar refractivity (Wildman–Crippen MR) is 270 cm³/mol. The largest absolute Gasteiger partial charge is 0.481 e. The lowest BCUT2D eigenvalue weighted by Gasteiger charge is -2.30. The molecule has 0 saturated heterocycles. The van der Waals surface area contributed by atoms with Crippen molar-refractivity contribution in [3.8, 4) is 0 Å². The molecule has 0 radical (unpaired) electrons. The van der Waals surface area contributed by atoms with E-state index in [2.05, 4.69) is 41.5 Å². The van der Waals surface area contributed by atoms with Gasteiger partial charge in [-0.25, -0.2) is 0 Å². The molecule has 61 heavy (non-hydrogen) atoms. The van der Waals surface area contributed by atoms with E-state index in [0.717, 1.165) is 64.2 Å². The Hall–Kier alpha value is -1.10. The first-order valence-corrected chi connectivity index (χ1v) is 27.8. The Labute approximate surface area is 384 Å². The normalized spacial score (nSPS) is 11.8. The Morgan fingerprint density at radius 2 is 0.541 bits per heavy atom. The molecule has 0 aliphatic heterocycles. The zero-order valence-electron chi connectivity index (χ0n) is 42.8. The molecule has 5 nitrogen and oxygen atoms in total. The molecular formula is C56H114O5. The maximum absolute atomic E-state index is 12.4. The molecule has 0 bridgehead atoms. The number of unbranched alkanes of at least 4 members (excludes halogenated alkanes) is 34. The van der Waals surface area contributed by atoms with Gasteiger partial charge >= 0.3 is 11.9 Å². The molecule has 0 aromatic rings. The van der Waals surface area contributed by atoms with Crippen LogP contribution in [0.15, 0.2) is 0 Å². The lowest BCUT2D eigenvalue weighted by molar-refractivity contribution is -0.151. The first-order valence-electron chi connectivity index (χ1n) is 27.8. The van der Waals surface area contributed by atoms with Crippen LogP contribution >= 0.6 is 0 Å². The molecule has 0 aromatic heterocycles. The fourth-order valence-electron chi connectivity index (χ4n) is 8.66. The van der Waals surface area contributed by atoms with Gasteiger partial charge in [0, 0.05) is 6.42 Å². The van der Waals surface area contributed by atoms with Crippen LogP contribution in [-0.2, 0) is 9.59 Å². The minimum absolute atomic E-state index is 0.0255. The van der Waals surface area contributed by atoms with Crippen LogP contribution in [0.3, 0.4) is 0 Å². The summed E-state index contributed by atoms with van der Waals surface area (Å²) in [5, 5.41) is 28.4. The second kappa shape index (κ2) is 55.0. The molecular weight excluding hydrogens is 753 g/mol. The molecule has 368 valence electrons. The van der Waals surface area contributed by atoms with Gasteiger partial charge in [0.25, 0.3) is 0 Å². The zero-order valence-corrected chi connectivity index (χ0v) is 42.8. The van der Waals surface area contributed by atoms with Crippen LogP contribution in [0.2, 0.25) is 0 Å². The SMILES string of the molecule is CCCCCCCCCC(O)CCCCCC.CCCCCCCCCCC(CCCCCC)(CCCCCCCCCC)C(=O)O.CCCCCCCCCCCC(=O)O. The van der Waals surface area contributed by atoms with Crippen LogP contribution < -0.4 is 0 Å². The van der Waals surface area contributed by atoms with Crippen molar-refractivity contribution in [1.82, 2.24) is 0 Å². The first-order chi connectivity index (χ1) is 29.7. The molecule has 0 saturated carbocycles. The van der Waals surface area contributed by atoms with Crippen LogP contribution in [0.1, 0.15) is 337 Å². The van der Waals surface area contributed by atoms with Crippen molar-refractivity contribution in [2.45, 2.75) is 343 Å². The van der Waals surface area contributed by atoms with Gasteiger partial charge in [-0.2, -0.15) is 0 Å². The standard InChI is InChI=1S/C28H56O2.C16H34O.C12H24O2/c1-4-7-10-13-15-17-19-22-25-28(27(29)30,24-21-12-9-6-3)26-23-20-18-16-14-11-8-5-2;1-3-5-7-9-10-11-13-15-16(17)14-12-8-6-4-2;1-2-3-4-5-6-7-8-9-10-11-12(13)14/h4-26H2,1-3H3,(H,29,30);16-17H,3-15H2,1-2H3;2-11H2,1H3,(H,13,14). The lowest BCUT2D eigenvalue weighted by atomic mass is 9.74. The van der Waals surface area contributed by atoms with E-state index in [0.29, 0.717) is 6.42 Å². The van der Waals surface area contributed by atoms with Crippen LogP contribution in [-0.4, -0.2) is 33.4 Å². The van der Waals surface area contributed by atoms with Gasteiger partial charge in [-0.05, 0) is 38.5 Å². The van der Waals surface area contributed by atoms with E-state index in [1.54, 1.807) is 0 Å². The van der Waals surface area contributed by atoms with E-state index >= 15 is 0 Å². The molecule has 0 aliphatic carbocycles. The van der Waals surface area contributed by atoms with E-state index in [9.17, 15) is 19.8 Å². The van der Waals surface area contributed by atoms with Crippen molar-refractivity contribution in [1.29, 1.82) is 0 Å². The summed E-state index contributed by atoms with van der Waals surface area (Å²) in [5.74, 6) is -1.17. The highest BCUT2D eigenvalue weighted by Crippen LogP contribution is 2.38. The Kier molecular flexibility index (Phi) is 57.9. The Bertz CT molecular complexity index is 808. The number of carboxylic acids is 2. The number of hydrogen-bond donors (Lipinski definition) is 3. The second-order valence-electron chi connectivity index (χ2n) is 19.2. The summed E-state index contributed by atoms with van der Waals surface area (Å²) in [5.41, 5.74) is -0.446. The number of rotatable bonds is 47. The number of carboxylic acid groups (broad SMARTS) is 2. The van der Waals surface area contributed by atoms with E-state index in [-0.39, 0.29) is 6.10 Å². The van der Waals surface area contributed by atoms with E-state index in [4.69, 9.17) is 5.11 Å². The van der Waals surface area contributed by atoms with E-state index < -0.39 is 17.4 Å². The zero-order chi connectivity index (χ0) is 45.8. The van der Waals surface area contributed by atoms with Gasteiger partial charge in [0.1, 0.15) is 0 Å². The maximum Gasteiger partial charge on any atom is 0.309 e. The highest BCUT2D eigenvalue weighted by atomic mass is 16.4. The molecule has 0 aliphatic rings. The molecule has 1 unspecified atom stereocenters. The second-order valence-corrected chi connectivity index (χ2v) is 19.2. The van der Waals surface area contributed by atoms with Crippen LogP contribution in [0.5, 0.6) is 0 Å². The van der Waals surface area contributed by atoms with Gasteiger partial charge in [-0.15, -0.1) is 0 Å². The Morgan fingerprint density at radius 1 is 0.328 bits per heavy atom. The van der Waals surface area contributed by atoms with Crippen molar-refractivity contribution in [2.24, 2.45) is 5.41 Å². The van der Waals surface area contributed by atoms with Gasteiger partial charge in [-0.3, -0.25) is 9.59 Å². The summed E-state index contributed by atoms with van der Waals surface area (Å²) in [4.78, 5) is 22.6. The number of aliphatic hydroxyl groups excluding tert-OH is 1. The topological polar surface area (TPSA) is 94.8 Å². The molecule has 5 heteroatoms. The summed E-state index contributed by atoms with van der Waals surface area (Å²) < 4.78 is 0. The van der Waals surface area contributed by atoms with Gasteiger partial charge in [0.05, 0.1) is 11.5 Å². The Morgan fingerprint density at radius 3 is 0.803 bits per heavy atom. The van der Waals surface area contributed by atoms with Gasteiger partial charge < -0.3 is 15.3 Å². The highest BCUT2D eigenvalue weighted by molar-refractivity contribution is 5.74. The molecule has 0 rings (SSSR count). The number of aliphatic hydroxyl groups is 1. The van der Waals surface area contributed by atoms with Crippen molar-refractivity contribution >= 4 is 11.9 Å². The summed E-state index contributed by atoms with van der Waals surface area (Å²) >= 11 is 0. The number of carbonyl (C=O) groups is 2. The third-order valence-electron chi connectivity index (χ3n) is 13.0. The maximum atomic E-state index is 12.4. The van der Waals surface area contributed by atoms with Crippen molar-refractivity contribution in [2.75, 3.05) is 0 Å². The quantitative estimate of drug-likeness (QED) is 0.0530. The van der Waals surface area contributed by atoms with E-state index in [1.807, 2.05) is 0 Å². The third-order valence-corrected chi connectivity index (χ3v) is 13.0. The third kappa shape index (κ3) is 53.1. The minimum atomic E-state index is -0.659. The van der Waals surface area contributed by atoms with Crippen molar-refractivity contribution in [3.05, 3.63) is 0 Å². The molecule has 0 aromatic carbocycles. The predicted octanol–water partition coefficient (Wildman–Crippen LogP) is 19.5. The van der Waals surface area contributed by atoms with Gasteiger partial charge in [0.15, 0.2) is 0 Å². The van der Waals surface area contributed by atoms with Crippen LogP contribution in [0.25, 0.3) is 0 Å². The van der Waals surface area contributed by atoms with Gasteiger partial charge in [-0.1, -0.05) is 292 Å². The highest BCUT2D eigenvalue weighted by Gasteiger charge is 2.36. The fourth-order valence-corrected chi connectivity index (χ4v) is 8.66. The summed E-state index contributed by atoms with van der Waals surface area (Å²) in [7, 11) is 0. The van der Waals surface area contributed by atoms with Crippen LogP contribution in [0.4, 0.5) is 0 Å². The van der Waals surface area contributed by atoms with Crippen LogP contribution in [0, 0.1) is 5.41 Å². The molecule has 3 N–H and O–H groups in total. The Balaban J connectivity index is -0.000000914. The summed E-state index contributed by atoms with van der Waals surface area (Å²) in [6.45, 7) is 13.5.